The fourth-order valence-corrected chi connectivity index (χ4v) is 7.41. The molecule has 1 aliphatic heterocycles. The lowest BCUT2D eigenvalue weighted by Gasteiger charge is -2.25. The summed E-state index contributed by atoms with van der Waals surface area (Å²) < 4.78 is 40.2. The summed E-state index contributed by atoms with van der Waals surface area (Å²) in [6, 6.07) is 11.1. The Balaban J connectivity index is 1.34. The van der Waals surface area contributed by atoms with Gasteiger partial charge >= 0.3 is 0 Å². The largest absolute Gasteiger partial charge is 0.497 e. The number of anilines is 1. The second kappa shape index (κ2) is 14.2. The Morgan fingerprint density at radius 3 is 2.48 bits per heavy atom. The number of piperidine rings is 1. The van der Waals surface area contributed by atoms with E-state index in [4.69, 9.17) is 9.47 Å². The van der Waals surface area contributed by atoms with Crippen molar-refractivity contribution in [1.82, 2.24) is 29.4 Å². The van der Waals surface area contributed by atoms with Gasteiger partial charge in [0.25, 0.3) is 5.91 Å². The minimum absolute atomic E-state index is 0.0219. The lowest BCUT2D eigenvalue weighted by Crippen LogP contribution is -2.35. The maximum absolute atomic E-state index is 13.1. The highest BCUT2D eigenvalue weighted by Crippen LogP contribution is 2.32. The van der Waals surface area contributed by atoms with E-state index in [2.05, 4.69) is 25.8 Å². The summed E-state index contributed by atoms with van der Waals surface area (Å²) in [5, 5.41) is 16.8. The Labute approximate surface area is 263 Å². The number of hydrogen-bond acceptors (Lipinski definition) is 11. The predicted octanol–water partition coefficient (Wildman–Crippen LogP) is 3.58. The Morgan fingerprint density at radius 2 is 1.80 bits per heavy atom. The molecule has 5 rings (SSSR count). The molecule has 0 aliphatic carbocycles. The number of aromatic nitrogens is 4. The topological polar surface area (TPSA) is 158 Å². The van der Waals surface area contributed by atoms with Crippen LogP contribution in [0.3, 0.4) is 0 Å². The first-order valence-corrected chi connectivity index (χ1v) is 17.0. The number of methoxy groups -OCH3 is 2. The number of carbonyl (C=O) groups excluding carboxylic acids is 2. The van der Waals surface area contributed by atoms with E-state index < -0.39 is 15.9 Å². The van der Waals surface area contributed by atoms with Gasteiger partial charge in [-0.05, 0) is 49.2 Å². The molecule has 44 heavy (non-hydrogen) atoms. The van der Waals surface area contributed by atoms with Crippen LogP contribution in [0.15, 0.2) is 64.1 Å². The number of benzene rings is 2. The zero-order valence-electron chi connectivity index (χ0n) is 24.1. The molecule has 1 aliphatic rings. The van der Waals surface area contributed by atoms with Gasteiger partial charge in [-0.15, -0.1) is 21.5 Å². The van der Waals surface area contributed by atoms with E-state index in [1.54, 1.807) is 41.5 Å². The minimum atomic E-state index is -3.61. The van der Waals surface area contributed by atoms with Gasteiger partial charge in [0.1, 0.15) is 11.5 Å². The van der Waals surface area contributed by atoms with Crippen LogP contribution in [-0.2, 0) is 21.4 Å². The average molecular weight is 658 g/mol. The normalized spacial score (nSPS) is 13.8. The van der Waals surface area contributed by atoms with Gasteiger partial charge in [0.15, 0.2) is 16.1 Å². The van der Waals surface area contributed by atoms with Crippen molar-refractivity contribution >= 4 is 50.1 Å². The van der Waals surface area contributed by atoms with Gasteiger partial charge in [-0.1, -0.05) is 18.2 Å². The zero-order valence-corrected chi connectivity index (χ0v) is 26.5. The van der Waals surface area contributed by atoms with E-state index in [9.17, 15) is 18.0 Å². The third-order valence-corrected chi connectivity index (χ3v) is 10.3. The van der Waals surface area contributed by atoms with E-state index in [0.29, 0.717) is 52.0 Å². The minimum Gasteiger partial charge on any atom is -0.497 e. The highest BCUT2D eigenvalue weighted by molar-refractivity contribution is 7.99. The first-order valence-electron chi connectivity index (χ1n) is 13.7. The molecule has 1 fully saturated rings. The summed E-state index contributed by atoms with van der Waals surface area (Å²) in [6.07, 6.45) is 4.30. The average Bonchev–Trinajstić information content (AvgIpc) is 3.72. The van der Waals surface area contributed by atoms with Gasteiger partial charge in [0.05, 0.1) is 37.1 Å². The van der Waals surface area contributed by atoms with Gasteiger partial charge in [-0.3, -0.25) is 14.2 Å². The summed E-state index contributed by atoms with van der Waals surface area (Å²) in [7, 11) is -0.537. The molecule has 2 aromatic carbocycles. The van der Waals surface area contributed by atoms with Crippen molar-refractivity contribution in [2.45, 2.75) is 35.9 Å². The van der Waals surface area contributed by atoms with Crippen molar-refractivity contribution in [2.24, 2.45) is 0 Å². The van der Waals surface area contributed by atoms with Crippen molar-refractivity contribution in [1.29, 1.82) is 0 Å². The van der Waals surface area contributed by atoms with Crippen LogP contribution in [0.5, 0.6) is 11.5 Å². The van der Waals surface area contributed by atoms with Gasteiger partial charge in [0, 0.05) is 36.3 Å². The molecule has 0 atom stereocenters. The third-order valence-electron chi connectivity index (χ3n) is 6.81. The fraction of sp³-hybridized carbons (Fsp3) is 0.321. The second-order valence-electron chi connectivity index (χ2n) is 9.62. The molecule has 2 N–H and O–H groups in total. The number of hydrogen-bond donors (Lipinski definition) is 2. The van der Waals surface area contributed by atoms with E-state index in [0.717, 1.165) is 31.0 Å². The van der Waals surface area contributed by atoms with Gasteiger partial charge < -0.3 is 20.1 Å². The molecule has 3 heterocycles. The maximum atomic E-state index is 13.1. The fourth-order valence-electron chi connectivity index (χ4n) is 4.59. The van der Waals surface area contributed by atoms with Crippen molar-refractivity contribution in [3.05, 3.63) is 65.4 Å². The number of thiazole rings is 1. The smallest absolute Gasteiger partial charge is 0.251 e. The highest BCUT2D eigenvalue weighted by Gasteiger charge is 2.26. The number of carbonyl (C=O) groups is 2. The zero-order chi connectivity index (χ0) is 31.1. The van der Waals surface area contributed by atoms with Crippen LogP contribution in [-0.4, -0.2) is 77.3 Å². The standard InChI is InChI=1S/C28H31N7O6S3/c1-40-20-8-11-23(41-2)22(16-20)35-24(32-33-28(35)43-18-25(36)31-27-29-12-15-42-27)17-30-26(37)19-6-9-21(10-7-19)44(38,39)34-13-4-3-5-14-34/h6-12,15-16H,3-5,13-14,17-18H2,1-2H3,(H,30,37)(H,29,31,36). The van der Waals surface area contributed by atoms with Crippen LogP contribution in [0.2, 0.25) is 0 Å². The van der Waals surface area contributed by atoms with Crippen molar-refractivity contribution < 1.29 is 27.5 Å². The lowest BCUT2D eigenvalue weighted by molar-refractivity contribution is -0.113. The summed E-state index contributed by atoms with van der Waals surface area (Å²) in [5.74, 6) is 0.772. The van der Waals surface area contributed by atoms with Crippen LogP contribution in [0, 0.1) is 0 Å². The summed E-state index contributed by atoms with van der Waals surface area (Å²) in [6.45, 7) is 0.978. The quantitative estimate of drug-likeness (QED) is 0.216. The monoisotopic (exact) mass is 657 g/mol. The number of nitrogens with zero attached hydrogens (tertiary/aromatic N) is 5. The molecule has 0 unspecified atom stereocenters. The number of thioether (sulfide) groups is 1. The molecule has 2 aromatic heterocycles. The van der Waals surface area contributed by atoms with Crippen LogP contribution >= 0.6 is 23.1 Å². The number of sulfonamides is 1. The van der Waals surface area contributed by atoms with Crippen molar-refractivity contribution in [3.8, 4) is 17.2 Å². The maximum Gasteiger partial charge on any atom is 0.251 e. The molecule has 232 valence electrons. The van der Waals surface area contributed by atoms with E-state index in [1.165, 1.54) is 47.0 Å². The molecule has 2 amide bonds. The molecule has 0 radical (unpaired) electrons. The number of nitrogens with one attached hydrogen (secondary N) is 2. The molecule has 4 aromatic rings. The molecule has 13 nitrogen and oxygen atoms in total. The summed E-state index contributed by atoms with van der Waals surface area (Å²) >= 11 is 2.47. The first kappa shape index (κ1) is 31.4. The second-order valence-corrected chi connectivity index (χ2v) is 13.4. The molecule has 0 saturated carbocycles. The van der Waals surface area contributed by atoms with Gasteiger partial charge in [0.2, 0.25) is 15.9 Å². The summed E-state index contributed by atoms with van der Waals surface area (Å²) in [4.78, 5) is 29.9. The van der Waals surface area contributed by atoms with E-state index >= 15 is 0 Å². The molecule has 0 bridgehead atoms. The van der Waals surface area contributed by atoms with E-state index in [1.807, 2.05) is 0 Å². The Hall–Kier alpha value is -3.99. The molecule has 1 saturated heterocycles. The van der Waals surface area contributed by atoms with Crippen LogP contribution in [0.4, 0.5) is 5.13 Å². The van der Waals surface area contributed by atoms with Crippen molar-refractivity contribution in [3.63, 3.8) is 0 Å². The van der Waals surface area contributed by atoms with Crippen molar-refractivity contribution in [2.75, 3.05) is 38.4 Å². The molecular formula is C28H31N7O6S3. The summed E-state index contributed by atoms with van der Waals surface area (Å²) in [5.41, 5.74) is 0.845. The molecular weight excluding hydrogens is 627 g/mol. The Morgan fingerprint density at radius 1 is 1.02 bits per heavy atom. The Kier molecular flexibility index (Phi) is 10.1. The van der Waals surface area contributed by atoms with Crippen LogP contribution in [0.1, 0.15) is 35.4 Å². The molecule has 16 heteroatoms. The number of rotatable bonds is 12. The third kappa shape index (κ3) is 7.20. The predicted molar refractivity (Wildman–Crippen MR) is 166 cm³/mol. The SMILES string of the molecule is COc1ccc(OC)c(-n2c(CNC(=O)c3ccc(S(=O)(=O)N4CCCCC4)cc3)nnc2SCC(=O)Nc2nccs2)c1. The first-order chi connectivity index (χ1) is 21.3. The van der Waals surface area contributed by atoms with Crippen LogP contribution in [0.25, 0.3) is 5.69 Å². The highest BCUT2D eigenvalue weighted by atomic mass is 32.2. The number of amides is 2. The number of ether oxygens (including phenoxy) is 2. The Bertz CT molecular complexity index is 1700. The lowest BCUT2D eigenvalue weighted by atomic mass is 10.2. The van der Waals surface area contributed by atoms with Crippen LogP contribution < -0.4 is 20.1 Å². The van der Waals surface area contributed by atoms with Gasteiger partial charge in [-0.25, -0.2) is 13.4 Å². The van der Waals surface area contributed by atoms with E-state index in [-0.39, 0.29) is 23.1 Å². The molecule has 0 spiro atoms. The van der Waals surface area contributed by atoms with Gasteiger partial charge in [-0.2, -0.15) is 4.31 Å².